The van der Waals surface area contributed by atoms with Crippen molar-refractivity contribution in [3.05, 3.63) is 39.7 Å². The average molecular weight is 372 g/mol. The zero-order chi connectivity index (χ0) is 18.8. The number of nitrogens with zero attached hydrogens (tertiary/aromatic N) is 2. The summed E-state index contributed by atoms with van der Waals surface area (Å²) in [6.07, 6.45) is 2.21. The molecule has 0 spiro atoms. The van der Waals surface area contributed by atoms with Gasteiger partial charge in [-0.25, -0.2) is 4.79 Å². The van der Waals surface area contributed by atoms with E-state index in [9.17, 15) is 9.90 Å². The summed E-state index contributed by atoms with van der Waals surface area (Å²) < 4.78 is 11.3. The lowest BCUT2D eigenvalue weighted by Crippen LogP contribution is -2.49. The Hall–Kier alpha value is -1.89. The van der Waals surface area contributed by atoms with E-state index in [0.29, 0.717) is 17.9 Å². The van der Waals surface area contributed by atoms with E-state index in [0.717, 1.165) is 68.5 Å². The number of aryl methyl sites for hydroxylation is 1. The van der Waals surface area contributed by atoms with Gasteiger partial charge in [-0.15, -0.1) is 0 Å². The third kappa shape index (κ3) is 4.03. The lowest BCUT2D eigenvalue weighted by atomic mass is 10.1. The number of aliphatic hydroxyl groups is 1. The summed E-state index contributed by atoms with van der Waals surface area (Å²) in [5.74, 6) is 0.624. The molecule has 0 amide bonds. The van der Waals surface area contributed by atoms with Crippen molar-refractivity contribution in [3.8, 4) is 5.75 Å². The van der Waals surface area contributed by atoms with Crippen LogP contribution < -0.4 is 10.4 Å². The van der Waals surface area contributed by atoms with E-state index in [1.165, 1.54) is 0 Å². The maximum Gasteiger partial charge on any atom is 0.339 e. The van der Waals surface area contributed by atoms with Crippen LogP contribution in [0.25, 0.3) is 11.0 Å². The largest absolute Gasteiger partial charge is 0.491 e. The van der Waals surface area contributed by atoms with Crippen LogP contribution in [0.1, 0.15) is 24.5 Å². The number of ether oxygens (including phenoxy) is 1. The van der Waals surface area contributed by atoms with Crippen LogP contribution in [0.5, 0.6) is 5.75 Å². The number of aliphatic hydroxyl groups excluding tert-OH is 1. The van der Waals surface area contributed by atoms with E-state index in [-0.39, 0.29) is 12.2 Å². The second-order valence-electron chi connectivity index (χ2n) is 7.56. The molecule has 1 aromatic heterocycles. The molecule has 2 aromatic rings. The smallest absolute Gasteiger partial charge is 0.339 e. The minimum atomic E-state index is -0.541. The van der Waals surface area contributed by atoms with Crippen LogP contribution in [0.2, 0.25) is 0 Å². The SMILES string of the molecule is CCN1CCN(CC(O)COc2ccc3c4c(c(=O)oc3c2)CCC4)CC1. The fourth-order valence-electron chi connectivity index (χ4n) is 4.19. The Morgan fingerprint density at radius 2 is 1.89 bits per heavy atom. The minimum Gasteiger partial charge on any atom is -0.491 e. The van der Waals surface area contributed by atoms with E-state index < -0.39 is 6.10 Å². The van der Waals surface area contributed by atoms with Gasteiger partial charge in [-0.05, 0) is 43.5 Å². The van der Waals surface area contributed by atoms with Crippen molar-refractivity contribution in [3.63, 3.8) is 0 Å². The van der Waals surface area contributed by atoms with Gasteiger partial charge < -0.3 is 19.2 Å². The maximum atomic E-state index is 12.1. The Kier molecular flexibility index (Phi) is 5.48. The van der Waals surface area contributed by atoms with Crippen molar-refractivity contribution in [2.45, 2.75) is 32.3 Å². The van der Waals surface area contributed by atoms with Gasteiger partial charge in [0.05, 0.1) is 0 Å². The summed E-state index contributed by atoms with van der Waals surface area (Å²) in [7, 11) is 0. The molecule has 1 fully saturated rings. The van der Waals surface area contributed by atoms with Gasteiger partial charge in [0, 0.05) is 49.7 Å². The van der Waals surface area contributed by atoms with Gasteiger partial charge in [-0.3, -0.25) is 4.90 Å². The van der Waals surface area contributed by atoms with Crippen LogP contribution in [-0.4, -0.2) is 66.9 Å². The second-order valence-corrected chi connectivity index (χ2v) is 7.56. The standard InChI is InChI=1S/C21H28N2O4/c1-2-22-8-10-23(11-9-22)13-15(24)14-26-16-6-7-18-17-4-3-5-19(17)21(25)27-20(18)12-16/h6-7,12,15,24H,2-5,8-11,13-14H2,1H3. The van der Waals surface area contributed by atoms with Crippen LogP contribution in [0.4, 0.5) is 0 Å². The molecule has 27 heavy (non-hydrogen) atoms. The molecule has 1 aliphatic heterocycles. The minimum absolute atomic E-state index is 0.224. The molecule has 1 aliphatic carbocycles. The first-order valence-electron chi connectivity index (χ1n) is 9.98. The molecule has 1 aromatic carbocycles. The maximum absolute atomic E-state index is 12.1. The Labute approximate surface area is 159 Å². The van der Waals surface area contributed by atoms with Crippen molar-refractivity contribution in [2.24, 2.45) is 0 Å². The number of piperazine rings is 1. The highest BCUT2D eigenvalue weighted by molar-refractivity contribution is 5.83. The first-order valence-corrected chi connectivity index (χ1v) is 9.98. The highest BCUT2D eigenvalue weighted by atomic mass is 16.5. The van der Waals surface area contributed by atoms with Crippen molar-refractivity contribution < 1.29 is 14.3 Å². The van der Waals surface area contributed by atoms with Crippen LogP contribution >= 0.6 is 0 Å². The second kappa shape index (κ2) is 8.00. The summed E-state index contributed by atoms with van der Waals surface area (Å²) in [6.45, 7) is 8.19. The van der Waals surface area contributed by atoms with Crippen molar-refractivity contribution in [1.29, 1.82) is 0 Å². The third-order valence-electron chi connectivity index (χ3n) is 5.77. The van der Waals surface area contributed by atoms with E-state index in [1.54, 1.807) is 6.07 Å². The quantitative estimate of drug-likeness (QED) is 0.778. The Balaban J connectivity index is 1.36. The number of β-amino-alcohol motifs (C(OH)–C–C–N with tert-alkyl or cyclic N) is 1. The van der Waals surface area contributed by atoms with Gasteiger partial charge in [0.25, 0.3) is 0 Å². The van der Waals surface area contributed by atoms with Crippen molar-refractivity contribution in [1.82, 2.24) is 9.80 Å². The molecule has 4 rings (SSSR count). The first-order chi connectivity index (χ1) is 13.1. The van der Waals surface area contributed by atoms with Gasteiger partial charge in [-0.2, -0.15) is 0 Å². The molecule has 0 radical (unpaired) electrons. The van der Waals surface area contributed by atoms with Gasteiger partial charge in [0.2, 0.25) is 0 Å². The number of fused-ring (bicyclic) bond motifs is 3. The highest BCUT2D eigenvalue weighted by Gasteiger charge is 2.21. The topological polar surface area (TPSA) is 66.2 Å². The molecule has 2 aliphatic rings. The highest BCUT2D eigenvalue weighted by Crippen LogP contribution is 2.29. The van der Waals surface area contributed by atoms with Crippen molar-refractivity contribution in [2.75, 3.05) is 45.9 Å². The van der Waals surface area contributed by atoms with Gasteiger partial charge in [0.15, 0.2) is 0 Å². The van der Waals surface area contributed by atoms with Crippen molar-refractivity contribution >= 4 is 11.0 Å². The molecule has 1 atom stereocenters. The molecule has 146 valence electrons. The summed E-state index contributed by atoms with van der Waals surface area (Å²) in [5, 5.41) is 11.3. The molecule has 6 heteroatoms. The fourth-order valence-corrected chi connectivity index (χ4v) is 4.19. The Morgan fingerprint density at radius 1 is 1.15 bits per heavy atom. The summed E-state index contributed by atoms with van der Waals surface area (Å²) >= 11 is 0. The van der Waals surface area contributed by atoms with E-state index in [1.807, 2.05) is 12.1 Å². The van der Waals surface area contributed by atoms with Crippen LogP contribution in [0.3, 0.4) is 0 Å². The first kappa shape index (κ1) is 18.5. The summed E-state index contributed by atoms with van der Waals surface area (Å²) in [6, 6.07) is 5.63. The van der Waals surface area contributed by atoms with Gasteiger partial charge in [0.1, 0.15) is 24.0 Å². The van der Waals surface area contributed by atoms with Crippen LogP contribution in [0, 0.1) is 0 Å². The third-order valence-corrected chi connectivity index (χ3v) is 5.77. The lowest BCUT2D eigenvalue weighted by molar-refractivity contribution is 0.0471. The van der Waals surface area contributed by atoms with E-state index >= 15 is 0 Å². The molecular weight excluding hydrogens is 344 g/mol. The molecule has 1 unspecified atom stereocenters. The number of hydrogen-bond donors (Lipinski definition) is 1. The Bertz CT molecular complexity index is 855. The van der Waals surface area contributed by atoms with E-state index in [2.05, 4.69) is 16.7 Å². The number of likely N-dealkylation sites (N-methyl/N-ethyl adjacent to an activating group) is 1. The van der Waals surface area contributed by atoms with Crippen LogP contribution in [0.15, 0.2) is 27.4 Å². The lowest BCUT2D eigenvalue weighted by Gasteiger charge is -2.34. The summed E-state index contributed by atoms with van der Waals surface area (Å²) in [5.41, 5.74) is 2.30. The Morgan fingerprint density at radius 3 is 2.67 bits per heavy atom. The molecular formula is C21H28N2O4. The van der Waals surface area contributed by atoms with E-state index in [4.69, 9.17) is 9.15 Å². The normalized spacial score (nSPS) is 19.3. The van der Waals surface area contributed by atoms with Gasteiger partial charge >= 0.3 is 5.63 Å². The number of rotatable bonds is 6. The molecule has 1 N–H and O–H groups in total. The average Bonchev–Trinajstić information content (AvgIpc) is 3.18. The predicted molar refractivity (Wildman–Crippen MR) is 105 cm³/mol. The predicted octanol–water partition coefficient (Wildman–Crippen LogP) is 1.66. The summed E-state index contributed by atoms with van der Waals surface area (Å²) in [4.78, 5) is 16.8. The molecule has 0 bridgehead atoms. The molecule has 0 saturated carbocycles. The number of hydrogen-bond acceptors (Lipinski definition) is 6. The molecule has 1 saturated heterocycles. The molecule has 6 nitrogen and oxygen atoms in total. The monoisotopic (exact) mass is 372 g/mol. The molecule has 2 heterocycles. The zero-order valence-corrected chi connectivity index (χ0v) is 15.9. The fraction of sp³-hybridized carbons (Fsp3) is 0.571. The van der Waals surface area contributed by atoms with Crippen LogP contribution in [-0.2, 0) is 12.8 Å². The van der Waals surface area contributed by atoms with Gasteiger partial charge in [-0.1, -0.05) is 6.92 Å². The number of benzene rings is 1. The zero-order valence-electron chi connectivity index (χ0n) is 15.9.